The summed E-state index contributed by atoms with van der Waals surface area (Å²) >= 11 is 6.97. The van der Waals surface area contributed by atoms with Crippen molar-refractivity contribution in [1.29, 1.82) is 0 Å². The van der Waals surface area contributed by atoms with Crippen LogP contribution >= 0.6 is 23.4 Å². The van der Waals surface area contributed by atoms with Crippen LogP contribution in [0.2, 0.25) is 5.02 Å². The largest absolute Gasteiger partial charge is 0.436 e. The maximum Gasteiger partial charge on any atom is 0.225 e. The summed E-state index contributed by atoms with van der Waals surface area (Å²) in [7, 11) is 0. The standard InChI is InChI=1S/C11H9ClFN3OS/c1-18-11-15-8(14)5-9(16-11)17-7-4-2-3-6(12)10(7)13/h2-5H,1H3,(H2,14,15,16). The summed E-state index contributed by atoms with van der Waals surface area (Å²) in [6, 6.07) is 5.89. The maximum atomic E-state index is 13.6. The number of rotatable bonds is 3. The van der Waals surface area contributed by atoms with Gasteiger partial charge in [-0.25, -0.2) is 9.37 Å². The van der Waals surface area contributed by atoms with E-state index in [0.717, 1.165) is 0 Å². The molecule has 1 aromatic heterocycles. The summed E-state index contributed by atoms with van der Waals surface area (Å²) in [4.78, 5) is 8.02. The number of halogens is 2. The zero-order valence-electron chi connectivity index (χ0n) is 9.35. The molecule has 0 saturated carbocycles. The lowest BCUT2D eigenvalue weighted by Gasteiger charge is -2.07. The van der Waals surface area contributed by atoms with Crippen molar-refractivity contribution < 1.29 is 9.13 Å². The zero-order valence-corrected chi connectivity index (χ0v) is 10.9. The first-order chi connectivity index (χ1) is 8.60. The van der Waals surface area contributed by atoms with Gasteiger partial charge in [0, 0.05) is 6.07 Å². The first-order valence-corrected chi connectivity index (χ1v) is 6.51. The van der Waals surface area contributed by atoms with E-state index in [0.29, 0.717) is 5.16 Å². The molecule has 7 heteroatoms. The molecule has 1 aromatic carbocycles. The molecule has 18 heavy (non-hydrogen) atoms. The van der Waals surface area contributed by atoms with Crippen molar-refractivity contribution in [3.8, 4) is 11.6 Å². The van der Waals surface area contributed by atoms with Gasteiger partial charge in [0.2, 0.25) is 5.88 Å². The van der Waals surface area contributed by atoms with E-state index in [4.69, 9.17) is 22.1 Å². The van der Waals surface area contributed by atoms with Crippen molar-refractivity contribution >= 4 is 29.2 Å². The van der Waals surface area contributed by atoms with Gasteiger partial charge in [-0.15, -0.1) is 0 Å². The number of aromatic nitrogens is 2. The predicted octanol–water partition coefficient (Wildman–Crippen LogP) is 3.37. The fourth-order valence-electron chi connectivity index (χ4n) is 1.24. The van der Waals surface area contributed by atoms with Crippen LogP contribution in [0.1, 0.15) is 0 Å². The number of hydrogen-bond acceptors (Lipinski definition) is 5. The summed E-state index contributed by atoms with van der Waals surface area (Å²) in [5.74, 6) is -0.213. The quantitative estimate of drug-likeness (QED) is 0.692. The SMILES string of the molecule is CSc1nc(N)cc(Oc2cccc(Cl)c2F)n1. The lowest BCUT2D eigenvalue weighted by molar-refractivity contribution is 0.423. The van der Waals surface area contributed by atoms with Crippen molar-refractivity contribution in [1.82, 2.24) is 9.97 Å². The molecule has 0 unspecified atom stereocenters. The van der Waals surface area contributed by atoms with Crippen LogP contribution in [-0.2, 0) is 0 Å². The second kappa shape index (κ2) is 5.41. The Hall–Kier alpha value is -1.53. The maximum absolute atomic E-state index is 13.6. The molecule has 2 N–H and O–H groups in total. The molecule has 1 heterocycles. The topological polar surface area (TPSA) is 61.0 Å². The van der Waals surface area contributed by atoms with Gasteiger partial charge in [0.15, 0.2) is 16.7 Å². The van der Waals surface area contributed by atoms with Gasteiger partial charge in [-0.3, -0.25) is 0 Å². The van der Waals surface area contributed by atoms with Crippen molar-refractivity contribution in [2.45, 2.75) is 5.16 Å². The monoisotopic (exact) mass is 285 g/mol. The second-order valence-corrected chi connectivity index (χ2v) is 4.45. The zero-order chi connectivity index (χ0) is 13.1. The number of thioether (sulfide) groups is 1. The first kappa shape index (κ1) is 12.9. The third kappa shape index (κ3) is 2.83. The normalized spacial score (nSPS) is 10.4. The average Bonchev–Trinajstić information content (AvgIpc) is 2.34. The summed E-state index contributed by atoms with van der Waals surface area (Å²) in [6.45, 7) is 0. The van der Waals surface area contributed by atoms with Crippen LogP contribution in [0.4, 0.5) is 10.2 Å². The molecular weight excluding hydrogens is 277 g/mol. The molecule has 0 aliphatic rings. The highest BCUT2D eigenvalue weighted by atomic mass is 35.5. The van der Waals surface area contributed by atoms with E-state index in [9.17, 15) is 4.39 Å². The number of anilines is 1. The molecule has 4 nitrogen and oxygen atoms in total. The van der Waals surface area contributed by atoms with Crippen LogP contribution in [-0.4, -0.2) is 16.2 Å². The molecule has 0 aliphatic carbocycles. The Morgan fingerprint density at radius 2 is 2.17 bits per heavy atom. The number of nitrogen functional groups attached to an aromatic ring is 1. The van der Waals surface area contributed by atoms with Crippen LogP contribution in [0.25, 0.3) is 0 Å². The Morgan fingerprint density at radius 1 is 1.39 bits per heavy atom. The summed E-state index contributed by atoms with van der Waals surface area (Å²) < 4.78 is 18.9. The van der Waals surface area contributed by atoms with E-state index in [1.165, 1.54) is 30.0 Å². The van der Waals surface area contributed by atoms with Crippen LogP contribution in [0.15, 0.2) is 29.4 Å². The third-order valence-corrected chi connectivity index (χ3v) is 2.85. The molecular formula is C11H9ClFN3OS. The first-order valence-electron chi connectivity index (χ1n) is 4.90. The average molecular weight is 286 g/mol. The van der Waals surface area contributed by atoms with Gasteiger partial charge in [-0.2, -0.15) is 4.98 Å². The van der Waals surface area contributed by atoms with Crippen LogP contribution in [0.5, 0.6) is 11.6 Å². The highest BCUT2D eigenvalue weighted by molar-refractivity contribution is 7.98. The highest BCUT2D eigenvalue weighted by Crippen LogP contribution is 2.29. The Kier molecular flexibility index (Phi) is 3.88. The minimum absolute atomic E-state index is 0.00680. The van der Waals surface area contributed by atoms with Crippen molar-refractivity contribution in [2.75, 3.05) is 12.0 Å². The highest BCUT2D eigenvalue weighted by Gasteiger charge is 2.10. The second-order valence-electron chi connectivity index (χ2n) is 3.27. The predicted molar refractivity (Wildman–Crippen MR) is 69.7 cm³/mol. The van der Waals surface area contributed by atoms with Crippen molar-refractivity contribution in [3.63, 3.8) is 0 Å². The fraction of sp³-hybridized carbons (Fsp3) is 0.0909. The Bertz CT molecular complexity index is 582. The van der Waals surface area contributed by atoms with Gasteiger partial charge in [0.1, 0.15) is 5.82 Å². The van der Waals surface area contributed by atoms with Crippen molar-refractivity contribution in [3.05, 3.63) is 35.1 Å². The van der Waals surface area contributed by atoms with Gasteiger partial charge in [-0.05, 0) is 18.4 Å². The third-order valence-electron chi connectivity index (χ3n) is 2.02. The summed E-state index contributed by atoms with van der Waals surface area (Å²) in [5.41, 5.74) is 5.59. The van der Waals surface area contributed by atoms with E-state index in [1.54, 1.807) is 12.3 Å². The molecule has 0 spiro atoms. The number of hydrogen-bond donors (Lipinski definition) is 1. The summed E-state index contributed by atoms with van der Waals surface area (Å²) in [5, 5.41) is 0.437. The Morgan fingerprint density at radius 3 is 2.89 bits per heavy atom. The number of nitrogens with zero attached hydrogens (tertiary/aromatic N) is 2. The van der Waals surface area contributed by atoms with Gasteiger partial charge in [0.05, 0.1) is 5.02 Å². The van der Waals surface area contributed by atoms with Gasteiger partial charge in [-0.1, -0.05) is 29.4 Å². The lowest BCUT2D eigenvalue weighted by Crippen LogP contribution is -1.98. The molecule has 2 aromatic rings. The molecule has 0 atom stereocenters. The van der Waals surface area contributed by atoms with Gasteiger partial charge >= 0.3 is 0 Å². The number of ether oxygens (including phenoxy) is 1. The smallest absolute Gasteiger partial charge is 0.225 e. The molecule has 0 radical (unpaired) electrons. The summed E-state index contributed by atoms with van der Waals surface area (Å²) in [6.07, 6.45) is 1.80. The van der Waals surface area contributed by atoms with Gasteiger partial charge < -0.3 is 10.5 Å². The van der Waals surface area contributed by atoms with E-state index in [-0.39, 0.29) is 22.5 Å². The van der Waals surface area contributed by atoms with Crippen molar-refractivity contribution in [2.24, 2.45) is 0 Å². The molecule has 0 fully saturated rings. The van der Waals surface area contributed by atoms with E-state index < -0.39 is 5.82 Å². The molecule has 2 rings (SSSR count). The molecule has 0 saturated heterocycles. The van der Waals surface area contributed by atoms with E-state index >= 15 is 0 Å². The van der Waals surface area contributed by atoms with Crippen LogP contribution in [0.3, 0.4) is 0 Å². The molecule has 0 amide bonds. The number of benzene rings is 1. The molecule has 0 aliphatic heterocycles. The Balaban J connectivity index is 2.34. The molecule has 94 valence electrons. The van der Waals surface area contributed by atoms with Crippen LogP contribution in [0, 0.1) is 5.82 Å². The number of nitrogens with two attached hydrogens (primary N) is 1. The lowest BCUT2D eigenvalue weighted by atomic mass is 10.3. The minimum atomic E-state index is -0.637. The van der Waals surface area contributed by atoms with E-state index in [1.807, 2.05) is 0 Å². The van der Waals surface area contributed by atoms with E-state index in [2.05, 4.69) is 9.97 Å². The Labute approximate surface area is 112 Å². The molecule has 0 bridgehead atoms. The fourth-order valence-corrected chi connectivity index (χ4v) is 1.78. The minimum Gasteiger partial charge on any atom is -0.436 e. The van der Waals surface area contributed by atoms with Crippen LogP contribution < -0.4 is 10.5 Å². The van der Waals surface area contributed by atoms with Gasteiger partial charge in [0.25, 0.3) is 0 Å².